The molecule has 18 heavy (non-hydrogen) atoms. The molecule has 1 aromatic carbocycles. The smallest absolute Gasteiger partial charge is 0.165 e. The summed E-state index contributed by atoms with van der Waals surface area (Å²) >= 11 is 0. The van der Waals surface area contributed by atoms with E-state index < -0.39 is 6.10 Å². The summed E-state index contributed by atoms with van der Waals surface area (Å²) < 4.78 is 18.6. The van der Waals surface area contributed by atoms with Gasteiger partial charge in [-0.25, -0.2) is 4.39 Å². The van der Waals surface area contributed by atoms with Gasteiger partial charge in [0.25, 0.3) is 0 Å². The van der Waals surface area contributed by atoms with Crippen LogP contribution in [0.3, 0.4) is 0 Å². The Labute approximate surface area is 107 Å². The fourth-order valence-electron chi connectivity index (χ4n) is 2.24. The number of hydrogen-bond acceptors (Lipinski definition) is 3. The molecule has 0 amide bonds. The molecule has 1 aliphatic rings. The lowest BCUT2D eigenvalue weighted by molar-refractivity contribution is 0.0604. The van der Waals surface area contributed by atoms with Gasteiger partial charge < -0.3 is 14.7 Å². The van der Waals surface area contributed by atoms with E-state index in [0.29, 0.717) is 6.54 Å². The summed E-state index contributed by atoms with van der Waals surface area (Å²) in [5.74, 6) is -0.183. The average molecular weight is 253 g/mol. The van der Waals surface area contributed by atoms with Gasteiger partial charge in [-0.1, -0.05) is 18.6 Å². The molecule has 3 nitrogen and oxygen atoms in total. The highest BCUT2D eigenvalue weighted by Crippen LogP contribution is 2.16. The van der Waals surface area contributed by atoms with Crippen molar-refractivity contribution in [2.75, 3.05) is 26.2 Å². The number of nitrogens with zero attached hydrogens (tertiary/aromatic N) is 1. The van der Waals surface area contributed by atoms with E-state index in [1.54, 1.807) is 18.2 Å². The van der Waals surface area contributed by atoms with E-state index in [0.717, 1.165) is 13.1 Å². The topological polar surface area (TPSA) is 32.7 Å². The molecule has 0 saturated carbocycles. The van der Waals surface area contributed by atoms with Crippen LogP contribution in [0.25, 0.3) is 0 Å². The van der Waals surface area contributed by atoms with E-state index in [1.807, 2.05) is 0 Å². The summed E-state index contributed by atoms with van der Waals surface area (Å²) in [7, 11) is 0. The van der Waals surface area contributed by atoms with E-state index >= 15 is 0 Å². The number of hydrogen-bond donors (Lipinski definition) is 1. The lowest BCUT2D eigenvalue weighted by Gasteiger charge is -2.28. The van der Waals surface area contributed by atoms with Crippen molar-refractivity contribution in [3.05, 3.63) is 30.1 Å². The molecule has 1 atom stereocenters. The molecular formula is C14H20FNO2. The van der Waals surface area contributed by atoms with Crippen LogP contribution in [-0.4, -0.2) is 42.4 Å². The zero-order chi connectivity index (χ0) is 12.8. The largest absolute Gasteiger partial charge is 0.488 e. The van der Waals surface area contributed by atoms with Crippen LogP contribution in [0.1, 0.15) is 19.3 Å². The second-order valence-corrected chi connectivity index (χ2v) is 4.76. The van der Waals surface area contributed by atoms with Crippen LogP contribution in [0.2, 0.25) is 0 Å². The molecule has 1 N–H and O–H groups in total. The lowest BCUT2D eigenvalue weighted by Crippen LogP contribution is -2.38. The highest BCUT2D eigenvalue weighted by atomic mass is 19.1. The van der Waals surface area contributed by atoms with Crippen LogP contribution in [0.5, 0.6) is 5.75 Å². The molecule has 0 bridgehead atoms. The van der Waals surface area contributed by atoms with E-state index in [1.165, 1.54) is 25.3 Å². The van der Waals surface area contributed by atoms with Crippen molar-refractivity contribution in [1.29, 1.82) is 0 Å². The predicted octanol–water partition coefficient (Wildman–Crippen LogP) is 2.05. The quantitative estimate of drug-likeness (QED) is 0.871. The van der Waals surface area contributed by atoms with Gasteiger partial charge in [0, 0.05) is 6.54 Å². The zero-order valence-electron chi connectivity index (χ0n) is 10.5. The molecule has 1 fully saturated rings. The Kier molecular flexibility index (Phi) is 4.96. The van der Waals surface area contributed by atoms with Gasteiger partial charge in [0.2, 0.25) is 0 Å². The molecule has 0 spiro atoms. The second-order valence-electron chi connectivity index (χ2n) is 4.76. The van der Waals surface area contributed by atoms with Crippen molar-refractivity contribution in [3.8, 4) is 5.75 Å². The Hall–Kier alpha value is -1.13. The molecular weight excluding hydrogens is 233 g/mol. The molecule has 0 aliphatic carbocycles. The summed E-state index contributed by atoms with van der Waals surface area (Å²) in [4.78, 5) is 2.23. The number of likely N-dealkylation sites (tertiary alicyclic amines) is 1. The molecule has 1 aromatic rings. The lowest BCUT2D eigenvalue weighted by atomic mass is 10.1. The minimum absolute atomic E-state index is 0.136. The van der Waals surface area contributed by atoms with E-state index in [4.69, 9.17) is 4.74 Å². The molecule has 0 aromatic heterocycles. The van der Waals surface area contributed by atoms with Gasteiger partial charge in [0.05, 0.1) is 0 Å². The summed E-state index contributed by atoms with van der Waals surface area (Å²) in [6, 6.07) is 6.26. The molecule has 100 valence electrons. The molecule has 1 saturated heterocycles. The van der Waals surface area contributed by atoms with Crippen molar-refractivity contribution in [1.82, 2.24) is 4.90 Å². The van der Waals surface area contributed by atoms with Crippen LogP contribution in [0.15, 0.2) is 24.3 Å². The summed E-state index contributed by atoms with van der Waals surface area (Å²) in [6.45, 7) is 2.82. The second kappa shape index (κ2) is 6.71. The number of ether oxygens (including phenoxy) is 1. The highest BCUT2D eigenvalue weighted by Gasteiger charge is 2.15. The Bertz CT molecular complexity index is 367. The van der Waals surface area contributed by atoms with E-state index in [9.17, 15) is 9.50 Å². The Morgan fingerprint density at radius 3 is 2.67 bits per heavy atom. The summed E-state index contributed by atoms with van der Waals surface area (Å²) in [5.41, 5.74) is 0. The summed E-state index contributed by atoms with van der Waals surface area (Å²) in [6.07, 6.45) is 3.10. The minimum Gasteiger partial charge on any atom is -0.488 e. The van der Waals surface area contributed by atoms with Gasteiger partial charge in [-0.2, -0.15) is 0 Å². The number of para-hydroxylation sites is 1. The van der Waals surface area contributed by atoms with Gasteiger partial charge in [-0.05, 0) is 38.1 Å². The monoisotopic (exact) mass is 253 g/mol. The highest BCUT2D eigenvalue weighted by molar-refractivity contribution is 5.23. The predicted molar refractivity (Wildman–Crippen MR) is 68.2 cm³/mol. The first kappa shape index (κ1) is 13.3. The number of rotatable bonds is 5. The summed E-state index contributed by atoms with van der Waals surface area (Å²) in [5, 5.41) is 9.86. The molecule has 0 unspecified atom stereocenters. The zero-order valence-corrected chi connectivity index (χ0v) is 10.5. The standard InChI is InChI=1S/C14H20FNO2/c15-13-6-2-3-7-14(13)18-11-12(17)10-16-8-4-1-5-9-16/h2-3,6-7,12,17H,1,4-5,8-11H2/t12-/m1/s1. The maximum Gasteiger partial charge on any atom is 0.165 e. The Morgan fingerprint density at radius 2 is 1.94 bits per heavy atom. The SMILES string of the molecule is O[C@@H](COc1ccccc1F)CN1CCCCC1. The number of β-amino-alcohol motifs (C(OH)–C–C–N with tert-alkyl or cyclic N) is 1. The number of halogens is 1. The fourth-order valence-corrected chi connectivity index (χ4v) is 2.24. The van der Waals surface area contributed by atoms with Crippen molar-refractivity contribution in [3.63, 3.8) is 0 Å². The molecule has 0 radical (unpaired) electrons. The maximum absolute atomic E-state index is 13.3. The Balaban J connectivity index is 1.74. The first-order valence-electron chi connectivity index (χ1n) is 6.53. The van der Waals surface area contributed by atoms with Gasteiger partial charge in [-0.3, -0.25) is 0 Å². The third-order valence-electron chi connectivity index (χ3n) is 3.19. The number of aliphatic hydroxyl groups excluding tert-OH is 1. The molecule has 1 aliphatic heterocycles. The van der Waals surface area contributed by atoms with Gasteiger partial charge in [0.1, 0.15) is 12.7 Å². The van der Waals surface area contributed by atoms with Crippen LogP contribution < -0.4 is 4.74 Å². The van der Waals surface area contributed by atoms with Gasteiger partial charge in [0.15, 0.2) is 11.6 Å². The van der Waals surface area contributed by atoms with Crippen LogP contribution in [0.4, 0.5) is 4.39 Å². The van der Waals surface area contributed by atoms with Crippen LogP contribution in [-0.2, 0) is 0 Å². The van der Waals surface area contributed by atoms with Gasteiger partial charge in [-0.15, -0.1) is 0 Å². The number of aliphatic hydroxyl groups is 1. The average Bonchev–Trinajstić information content (AvgIpc) is 2.39. The van der Waals surface area contributed by atoms with Crippen molar-refractivity contribution >= 4 is 0 Å². The van der Waals surface area contributed by atoms with E-state index in [2.05, 4.69) is 4.90 Å². The third-order valence-corrected chi connectivity index (χ3v) is 3.19. The van der Waals surface area contributed by atoms with Crippen molar-refractivity contribution in [2.45, 2.75) is 25.4 Å². The third kappa shape index (κ3) is 3.96. The van der Waals surface area contributed by atoms with Gasteiger partial charge >= 0.3 is 0 Å². The first-order valence-corrected chi connectivity index (χ1v) is 6.53. The first-order chi connectivity index (χ1) is 8.75. The minimum atomic E-state index is -0.567. The molecule has 4 heteroatoms. The maximum atomic E-state index is 13.3. The number of benzene rings is 1. The van der Waals surface area contributed by atoms with Crippen LogP contribution in [0, 0.1) is 5.82 Å². The molecule has 2 rings (SSSR count). The Morgan fingerprint density at radius 1 is 1.22 bits per heavy atom. The van der Waals surface area contributed by atoms with Crippen LogP contribution >= 0.6 is 0 Å². The van der Waals surface area contributed by atoms with Crippen molar-refractivity contribution < 1.29 is 14.2 Å². The molecule has 1 heterocycles. The normalized spacial score (nSPS) is 18.6. The van der Waals surface area contributed by atoms with Crippen molar-refractivity contribution in [2.24, 2.45) is 0 Å². The number of piperidine rings is 1. The van der Waals surface area contributed by atoms with E-state index in [-0.39, 0.29) is 18.2 Å². The fraction of sp³-hybridized carbons (Fsp3) is 0.571.